The van der Waals surface area contributed by atoms with Gasteiger partial charge in [-0.05, 0) is 84.2 Å². The van der Waals surface area contributed by atoms with Crippen LogP contribution in [0.1, 0.15) is 18.1 Å². The lowest BCUT2D eigenvalue weighted by atomic mass is 10.0. The predicted octanol–water partition coefficient (Wildman–Crippen LogP) is 10.6. The van der Waals surface area contributed by atoms with Crippen LogP contribution in [0.15, 0.2) is 138 Å². The van der Waals surface area contributed by atoms with Gasteiger partial charge in [-0.1, -0.05) is 96.9 Å². The Morgan fingerprint density at radius 2 is 1.32 bits per heavy atom. The lowest BCUT2D eigenvalue weighted by molar-refractivity contribution is 0.666. The summed E-state index contributed by atoms with van der Waals surface area (Å²) in [4.78, 5) is 2.27. The predicted molar refractivity (Wildman–Crippen MR) is 170 cm³/mol. The number of terminal acetylenes is 1. The minimum Gasteiger partial charge on any atom is -0.454 e. The van der Waals surface area contributed by atoms with Gasteiger partial charge < -0.3 is 9.32 Å². The molecule has 0 aliphatic heterocycles. The highest BCUT2D eigenvalue weighted by Gasteiger charge is 2.20. The maximum atomic E-state index is 6.58. The van der Waals surface area contributed by atoms with Crippen molar-refractivity contribution in [1.29, 1.82) is 0 Å². The van der Waals surface area contributed by atoms with E-state index in [4.69, 9.17) is 10.8 Å². The van der Waals surface area contributed by atoms with Crippen LogP contribution in [0.2, 0.25) is 0 Å². The van der Waals surface area contributed by atoms with Crippen molar-refractivity contribution < 1.29 is 4.42 Å². The Morgan fingerprint density at radius 1 is 0.700 bits per heavy atom. The minimum atomic E-state index is 0.870. The molecule has 0 spiro atoms. The quantitative estimate of drug-likeness (QED) is 0.162. The molecule has 6 rings (SSSR count). The molecule has 0 saturated heterocycles. The molecule has 0 amide bonds. The van der Waals surface area contributed by atoms with Gasteiger partial charge in [-0.15, -0.1) is 6.42 Å². The second-order valence-electron chi connectivity index (χ2n) is 9.75. The number of nitrogens with zero attached hydrogens (tertiary/aromatic N) is 1. The van der Waals surface area contributed by atoms with E-state index < -0.39 is 0 Å². The molecule has 0 unspecified atom stereocenters. The topological polar surface area (TPSA) is 16.4 Å². The summed E-state index contributed by atoms with van der Waals surface area (Å²) < 4.78 is 6.58. The summed E-state index contributed by atoms with van der Waals surface area (Å²) >= 11 is 0. The number of furan rings is 1. The summed E-state index contributed by atoms with van der Waals surface area (Å²) in [7, 11) is 0. The maximum Gasteiger partial charge on any atom is 0.159 e. The second kappa shape index (κ2) is 10.8. The molecule has 6 aromatic rings. The molecule has 0 aliphatic rings. The first-order chi connectivity index (χ1) is 19.7. The summed E-state index contributed by atoms with van der Waals surface area (Å²) in [6.07, 6.45) is 11.2. The van der Waals surface area contributed by atoms with E-state index in [0.29, 0.717) is 0 Å². The molecule has 0 fully saturated rings. The summed E-state index contributed by atoms with van der Waals surface area (Å²) in [5.74, 6) is 2.58. The van der Waals surface area contributed by atoms with E-state index >= 15 is 0 Å². The first-order valence-electron chi connectivity index (χ1n) is 13.4. The van der Waals surface area contributed by atoms with Crippen LogP contribution in [0.5, 0.6) is 0 Å². The summed E-state index contributed by atoms with van der Waals surface area (Å²) in [5, 5.41) is 2.24. The summed E-state index contributed by atoms with van der Waals surface area (Å²) in [5.41, 5.74) is 10.6. The molecule has 0 aliphatic carbocycles. The largest absolute Gasteiger partial charge is 0.454 e. The Hall–Kier alpha value is -5.26. The molecule has 0 radical (unpaired) electrons. The highest BCUT2D eigenvalue weighted by Crippen LogP contribution is 2.43. The standard InChI is InChI=1S/C38H29NO/c1-4-6-13-28(5-2)30-19-23-32(24-20-30)39(33-25-21-31(22-26-33)29-14-8-7-9-15-29)36-18-11-17-35-34-16-10-12-27(3)37(34)40-38(35)36/h1,5-26H,2-3H3. The van der Waals surface area contributed by atoms with Crippen LogP contribution in [-0.4, -0.2) is 0 Å². The monoisotopic (exact) mass is 515 g/mol. The third-order valence-corrected chi connectivity index (χ3v) is 7.30. The van der Waals surface area contributed by atoms with Crippen LogP contribution in [0, 0.1) is 19.3 Å². The Bertz CT molecular complexity index is 1900. The number of aryl methyl sites for hydroxylation is 1. The molecule has 0 atom stereocenters. The fourth-order valence-electron chi connectivity index (χ4n) is 5.28. The van der Waals surface area contributed by atoms with E-state index in [-0.39, 0.29) is 0 Å². The van der Waals surface area contributed by atoms with Crippen molar-refractivity contribution in [2.75, 3.05) is 4.90 Å². The van der Waals surface area contributed by atoms with Crippen LogP contribution < -0.4 is 4.90 Å². The van der Waals surface area contributed by atoms with Crippen LogP contribution in [0.4, 0.5) is 17.1 Å². The average Bonchev–Trinajstić information content (AvgIpc) is 3.40. The maximum absolute atomic E-state index is 6.58. The molecule has 1 aromatic heterocycles. The van der Waals surface area contributed by atoms with Gasteiger partial charge in [-0.25, -0.2) is 0 Å². The first-order valence-corrected chi connectivity index (χ1v) is 13.4. The number of anilines is 3. The van der Waals surface area contributed by atoms with Gasteiger partial charge in [0.15, 0.2) is 5.58 Å². The third-order valence-electron chi connectivity index (χ3n) is 7.30. The number of para-hydroxylation sites is 2. The van der Waals surface area contributed by atoms with Crippen molar-refractivity contribution in [2.24, 2.45) is 0 Å². The van der Waals surface area contributed by atoms with Gasteiger partial charge in [0.05, 0.1) is 5.69 Å². The van der Waals surface area contributed by atoms with Crippen molar-refractivity contribution in [2.45, 2.75) is 13.8 Å². The van der Waals surface area contributed by atoms with Crippen molar-refractivity contribution >= 4 is 44.6 Å². The minimum absolute atomic E-state index is 0.870. The lowest BCUT2D eigenvalue weighted by Crippen LogP contribution is -2.10. The molecule has 2 heteroatoms. The first kappa shape index (κ1) is 25.0. The van der Waals surface area contributed by atoms with Crippen LogP contribution >= 0.6 is 0 Å². The Balaban J connectivity index is 1.52. The number of hydrogen-bond acceptors (Lipinski definition) is 2. The van der Waals surface area contributed by atoms with Gasteiger partial charge in [-0.3, -0.25) is 0 Å². The van der Waals surface area contributed by atoms with Crippen molar-refractivity contribution in [3.05, 3.63) is 145 Å². The molecule has 0 saturated carbocycles. The zero-order chi connectivity index (χ0) is 27.5. The average molecular weight is 516 g/mol. The SMILES string of the molecule is C#CC=CC(=CC)c1ccc(N(c2ccc(-c3ccccc3)cc2)c2cccc3c2oc2c(C)cccc23)cc1. The fraction of sp³-hybridized carbons (Fsp3) is 0.0526. The molecular formula is C38H29NO. The van der Waals surface area contributed by atoms with E-state index in [0.717, 1.165) is 55.7 Å². The number of rotatable bonds is 6. The van der Waals surface area contributed by atoms with Crippen LogP contribution in [0.25, 0.3) is 38.6 Å². The van der Waals surface area contributed by atoms with Gasteiger partial charge in [0.25, 0.3) is 0 Å². The van der Waals surface area contributed by atoms with Gasteiger partial charge in [-0.2, -0.15) is 0 Å². The lowest BCUT2D eigenvalue weighted by Gasteiger charge is -2.26. The van der Waals surface area contributed by atoms with Crippen molar-refractivity contribution in [3.63, 3.8) is 0 Å². The number of benzene rings is 5. The van der Waals surface area contributed by atoms with Gasteiger partial charge in [0.1, 0.15) is 5.58 Å². The molecule has 1 heterocycles. The van der Waals surface area contributed by atoms with Gasteiger partial charge >= 0.3 is 0 Å². The van der Waals surface area contributed by atoms with E-state index in [1.54, 1.807) is 6.08 Å². The highest BCUT2D eigenvalue weighted by molar-refractivity contribution is 6.11. The Kier molecular flexibility index (Phi) is 6.79. The zero-order valence-electron chi connectivity index (χ0n) is 22.6. The van der Waals surface area contributed by atoms with E-state index in [2.05, 4.69) is 133 Å². The van der Waals surface area contributed by atoms with Gasteiger partial charge in [0.2, 0.25) is 0 Å². The molecule has 5 aromatic carbocycles. The number of fused-ring (bicyclic) bond motifs is 3. The molecule has 0 N–H and O–H groups in total. The van der Waals surface area contributed by atoms with E-state index in [9.17, 15) is 0 Å². The van der Waals surface area contributed by atoms with E-state index in [1.165, 1.54) is 11.1 Å². The van der Waals surface area contributed by atoms with Crippen LogP contribution in [0.3, 0.4) is 0 Å². The normalized spacial score (nSPS) is 11.8. The number of hydrogen-bond donors (Lipinski definition) is 0. The van der Waals surface area contributed by atoms with Gasteiger partial charge in [0, 0.05) is 22.1 Å². The molecular weight excluding hydrogens is 486 g/mol. The smallest absolute Gasteiger partial charge is 0.159 e. The molecule has 40 heavy (non-hydrogen) atoms. The summed E-state index contributed by atoms with van der Waals surface area (Å²) in [6, 6.07) is 40.4. The van der Waals surface area contributed by atoms with Crippen LogP contribution in [-0.2, 0) is 0 Å². The van der Waals surface area contributed by atoms with Crippen molar-refractivity contribution in [1.82, 2.24) is 0 Å². The highest BCUT2D eigenvalue weighted by atomic mass is 16.3. The Labute approximate surface area is 235 Å². The number of allylic oxidation sites excluding steroid dienone is 4. The molecule has 0 bridgehead atoms. The Morgan fingerprint density at radius 3 is 2.00 bits per heavy atom. The van der Waals surface area contributed by atoms with E-state index in [1.807, 2.05) is 19.1 Å². The molecule has 192 valence electrons. The zero-order valence-corrected chi connectivity index (χ0v) is 22.6. The summed E-state index contributed by atoms with van der Waals surface area (Å²) in [6.45, 7) is 4.12. The second-order valence-corrected chi connectivity index (χ2v) is 9.75. The fourth-order valence-corrected chi connectivity index (χ4v) is 5.28. The molecule has 2 nitrogen and oxygen atoms in total. The third kappa shape index (κ3) is 4.59. The van der Waals surface area contributed by atoms with Crippen molar-refractivity contribution in [3.8, 4) is 23.5 Å².